The van der Waals surface area contributed by atoms with Crippen LogP contribution in [0.25, 0.3) is 0 Å². The SMILES string of the molecule is Cc1cc(C(O)Cc2cccc(Br)c2)c(F)cc1F. The van der Waals surface area contributed by atoms with Gasteiger partial charge in [0.1, 0.15) is 11.6 Å². The molecule has 0 radical (unpaired) electrons. The molecule has 0 bridgehead atoms. The van der Waals surface area contributed by atoms with Crippen LogP contribution in [0.1, 0.15) is 22.8 Å². The second-order valence-corrected chi connectivity index (χ2v) is 5.39. The molecule has 2 aromatic rings. The highest BCUT2D eigenvalue weighted by Crippen LogP contribution is 2.24. The Hall–Kier alpha value is -1.26. The van der Waals surface area contributed by atoms with Crippen LogP contribution in [0, 0.1) is 18.6 Å². The first-order valence-electron chi connectivity index (χ1n) is 5.85. The van der Waals surface area contributed by atoms with E-state index in [-0.39, 0.29) is 12.0 Å². The number of hydrogen-bond acceptors (Lipinski definition) is 1. The fourth-order valence-corrected chi connectivity index (χ4v) is 2.38. The van der Waals surface area contributed by atoms with Gasteiger partial charge in [0.25, 0.3) is 0 Å². The minimum absolute atomic E-state index is 0.124. The maximum atomic E-state index is 13.7. The van der Waals surface area contributed by atoms with E-state index in [1.807, 2.05) is 24.3 Å². The summed E-state index contributed by atoms with van der Waals surface area (Å²) < 4.78 is 27.7. The molecule has 0 aliphatic rings. The number of benzene rings is 2. The first-order chi connectivity index (χ1) is 8.97. The molecular weight excluding hydrogens is 314 g/mol. The van der Waals surface area contributed by atoms with Crippen molar-refractivity contribution in [3.05, 3.63) is 69.2 Å². The summed E-state index contributed by atoms with van der Waals surface area (Å²) in [6.07, 6.45) is -0.713. The molecule has 0 aliphatic heterocycles. The van der Waals surface area contributed by atoms with Crippen molar-refractivity contribution >= 4 is 15.9 Å². The van der Waals surface area contributed by atoms with Crippen molar-refractivity contribution in [1.82, 2.24) is 0 Å². The normalized spacial score (nSPS) is 12.5. The van der Waals surface area contributed by atoms with Gasteiger partial charge in [-0.25, -0.2) is 8.78 Å². The molecule has 4 heteroatoms. The van der Waals surface area contributed by atoms with E-state index in [1.54, 1.807) is 6.92 Å². The van der Waals surface area contributed by atoms with E-state index in [1.165, 1.54) is 6.07 Å². The van der Waals surface area contributed by atoms with Crippen LogP contribution in [-0.4, -0.2) is 5.11 Å². The van der Waals surface area contributed by atoms with E-state index in [2.05, 4.69) is 15.9 Å². The minimum atomic E-state index is -0.992. The lowest BCUT2D eigenvalue weighted by Crippen LogP contribution is -2.06. The van der Waals surface area contributed by atoms with Crippen LogP contribution in [0.4, 0.5) is 8.78 Å². The molecule has 1 N–H and O–H groups in total. The maximum Gasteiger partial charge on any atom is 0.131 e. The van der Waals surface area contributed by atoms with Gasteiger partial charge in [-0.1, -0.05) is 28.1 Å². The van der Waals surface area contributed by atoms with E-state index < -0.39 is 17.7 Å². The van der Waals surface area contributed by atoms with Crippen LogP contribution < -0.4 is 0 Å². The van der Waals surface area contributed by atoms with Gasteiger partial charge in [0.05, 0.1) is 6.10 Å². The quantitative estimate of drug-likeness (QED) is 0.891. The molecule has 1 nitrogen and oxygen atoms in total. The fraction of sp³-hybridized carbons (Fsp3) is 0.200. The first kappa shape index (κ1) is 14.2. The van der Waals surface area contributed by atoms with Crippen LogP contribution in [0.2, 0.25) is 0 Å². The monoisotopic (exact) mass is 326 g/mol. The number of halogens is 3. The molecule has 2 aromatic carbocycles. The van der Waals surface area contributed by atoms with Crippen molar-refractivity contribution in [2.24, 2.45) is 0 Å². The van der Waals surface area contributed by atoms with Crippen LogP contribution in [0.5, 0.6) is 0 Å². The number of rotatable bonds is 3. The largest absolute Gasteiger partial charge is 0.388 e. The number of aliphatic hydroxyl groups excluding tert-OH is 1. The highest BCUT2D eigenvalue weighted by atomic mass is 79.9. The molecule has 0 amide bonds. The summed E-state index contributed by atoms with van der Waals surface area (Å²) in [5.41, 5.74) is 1.33. The molecule has 1 atom stereocenters. The number of aryl methyl sites for hydroxylation is 1. The Labute approximate surface area is 119 Å². The van der Waals surface area contributed by atoms with Gasteiger partial charge in [0.2, 0.25) is 0 Å². The Bertz CT molecular complexity index is 599. The average Bonchev–Trinajstić information content (AvgIpc) is 2.33. The molecule has 0 saturated heterocycles. The van der Waals surface area contributed by atoms with Gasteiger partial charge in [-0.15, -0.1) is 0 Å². The first-order valence-corrected chi connectivity index (χ1v) is 6.64. The Morgan fingerprint density at radius 1 is 1.16 bits per heavy atom. The third-order valence-electron chi connectivity index (χ3n) is 2.96. The van der Waals surface area contributed by atoms with E-state index in [0.717, 1.165) is 16.1 Å². The Morgan fingerprint density at radius 3 is 2.58 bits per heavy atom. The van der Waals surface area contributed by atoms with Gasteiger partial charge >= 0.3 is 0 Å². The van der Waals surface area contributed by atoms with Gasteiger partial charge in [0.15, 0.2) is 0 Å². The molecule has 1 unspecified atom stereocenters. The standard InChI is InChI=1S/C15H13BrF2O/c1-9-5-12(14(18)8-13(9)17)15(19)7-10-3-2-4-11(16)6-10/h2-6,8,15,19H,7H2,1H3. The molecule has 100 valence electrons. The average molecular weight is 327 g/mol. The van der Waals surface area contributed by atoms with Crippen molar-refractivity contribution < 1.29 is 13.9 Å². The maximum absolute atomic E-state index is 13.7. The van der Waals surface area contributed by atoms with Crippen LogP contribution in [-0.2, 0) is 6.42 Å². The van der Waals surface area contributed by atoms with E-state index in [9.17, 15) is 13.9 Å². The van der Waals surface area contributed by atoms with Crippen molar-refractivity contribution in [2.45, 2.75) is 19.4 Å². The third-order valence-corrected chi connectivity index (χ3v) is 3.45. The van der Waals surface area contributed by atoms with E-state index in [4.69, 9.17) is 0 Å². The molecule has 0 saturated carbocycles. The predicted octanol–water partition coefficient (Wildman–Crippen LogP) is 4.31. The molecule has 2 rings (SSSR count). The lowest BCUT2D eigenvalue weighted by atomic mass is 9.99. The van der Waals surface area contributed by atoms with Crippen molar-refractivity contribution in [1.29, 1.82) is 0 Å². The topological polar surface area (TPSA) is 20.2 Å². The Kier molecular flexibility index (Phi) is 4.32. The van der Waals surface area contributed by atoms with E-state index >= 15 is 0 Å². The summed E-state index contributed by atoms with van der Waals surface area (Å²) in [5.74, 6) is -1.32. The summed E-state index contributed by atoms with van der Waals surface area (Å²) in [5, 5.41) is 10.1. The highest BCUT2D eigenvalue weighted by molar-refractivity contribution is 9.10. The van der Waals surface area contributed by atoms with Gasteiger partial charge in [-0.3, -0.25) is 0 Å². The van der Waals surface area contributed by atoms with Gasteiger partial charge in [0, 0.05) is 22.5 Å². The Balaban J connectivity index is 2.25. The molecule has 0 heterocycles. The summed E-state index contributed by atoms with van der Waals surface area (Å²) in [4.78, 5) is 0. The van der Waals surface area contributed by atoms with Crippen molar-refractivity contribution in [3.8, 4) is 0 Å². The molecule has 0 aliphatic carbocycles. The predicted molar refractivity (Wildman–Crippen MR) is 73.9 cm³/mol. The highest BCUT2D eigenvalue weighted by Gasteiger charge is 2.16. The summed E-state index contributed by atoms with van der Waals surface area (Å²) >= 11 is 3.34. The van der Waals surface area contributed by atoms with Crippen LogP contribution >= 0.6 is 15.9 Å². The number of hydrogen-bond donors (Lipinski definition) is 1. The van der Waals surface area contributed by atoms with Gasteiger partial charge in [-0.05, 0) is 36.2 Å². The lowest BCUT2D eigenvalue weighted by Gasteiger charge is -2.13. The molecular formula is C15H13BrF2O. The van der Waals surface area contributed by atoms with Gasteiger partial charge < -0.3 is 5.11 Å². The molecule has 19 heavy (non-hydrogen) atoms. The minimum Gasteiger partial charge on any atom is -0.388 e. The second kappa shape index (κ2) is 5.80. The summed E-state index contributed by atoms with van der Waals surface area (Å²) in [6, 6.07) is 9.60. The van der Waals surface area contributed by atoms with Crippen molar-refractivity contribution in [3.63, 3.8) is 0 Å². The van der Waals surface area contributed by atoms with E-state index in [0.29, 0.717) is 5.56 Å². The van der Waals surface area contributed by atoms with Crippen molar-refractivity contribution in [2.75, 3.05) is 0 Å². The van der Waals surface area contributed by atoms with Crippen LogP contribution in [0.15, 0.2) is 40.9 Å². The van der Waals surface area contributed by atoms with Gasteiger partial charge in [-0.2, -0.15) is 0 Å². The second-order valence-electron chi connectivity index (χ2n) is 4.47. The smallest absolute Gasteiger partial charge is 0.131 e. The lowest BCUT2D eigenvalue weighted by molar-refractivity contribution is 0.173. The molecule has 0 aromatic heterocycles. The molecule has 0 fully saturated rings. The zero-order chi connectivity index (χ0) is 14.0. The zero-order valence-corrected chi connectivity index (χ0v) is 11.9. The Morgan fingerprint density at radius 2 is 1.89 bits per heavy atom. The summed E-state index contributed by atoms with van der Waals surface area (Å²) in [7, 11) is 0. The third kappa shape index (κ3) is 3.39. The fourth-order valence-electron chi connectivity index (χ4n) is 1.93. The van der Waals surface area contributed by atoms with Crippen LogP contribution in [0.3, 0.4) is 0 Å². The zero-order valence-electron chi connectivity index (χ0n) is 10.3. The molecule has 0 spiro atoms. The number of aliphatic hydroxyl groups is 1. The summed E-state index contributed by atoms with van der Waals surface area (Å²) in [6.45, 7) is 1.55.